The molecule has 0 saturated heterocycles. The fourth-order valence-electron chi connectivity index (χ4n) is 1.99. The first-order valence-corrected chi connectivity index (χ1v) is 7.42. The van der Waals surface area contributed by atoms with E-state index in [2.05, 4.69) is 10.6 Å². The zero-order valence-corrected chi connectivity index (χ0v) is 13.1. The third-order valence-electron chi connectivity index (χ3n) is 3.31. The van der Waals surface area contributed by atoms with Crippen LogP contribution in [0.2, 0.25) is 0 Å². The number of para-hydroxylation sites is 1. The molecule has 0 aliphatic rings. The molecular formula is C16H26N2O3. The van der Waals surface area contributed by atoms with E-state index in [4.69, 9.17) is 9.84 Å². The minimum atomic E-state index is -0.247. The molecular weight excluding hydrogens is 268 g/mol. The van der Waals surface area contributed by atoms with E-state index in [1.165, 1.54) is 0 Å². The van der Waals surface area contributed by atoms with Crippen LogP contribution in [-0.4, -0.2) is 36.9 Å². The number of nitrogens with one attached hydrogen (secondary N) is 2. The van der Waals surface area contributed by atoms with Crippen molar-refractivity contribution in [2.24, 2.45) is 0 Å². The number of rotatable bonds is 8. The van der Waals surface area contributed by atoms with Gasteiger partial charge in [-0.15, -0.1) is 0 Å². The molecule has 3 N–H and O–H groups in total. The van der Waals surface area contributed by atoms with Crippen LogP contribution in [0.5, 0.6) is 5.75 Å². The van der Waals surface area contributed by atoms with Gasteiger partial charge in [0.25, 0.3) is 0 Å². The maximum atomic E-state index is 11.5. The van der Waals surface area contributed by atoms with Crippen molar-refractivity contribution in [2.75, 3.05) is 19.8 Å². The van der Waals surface area contributed by atoms with Crippen LogP contribution in [0.3, 0.4) is 0 Å². The van der Waals surface area contributed by atoms with Crippen molar-refractivity contribution in [3.05, 3.63) is 29.3 Å². The Balaban J connectivity index is 2.21. The molecule has 0 bridgehead atoms. The lowest BCUT2D eigenvalue weighted by molar-refractivity contribution is 0.213. The predicted molar refractivity (Wildman–Crippen MR) is 83.7 cm³/mol. The van der Waals surface area contributed by atoms with Gasteiger partial charge in [0.05, 0.1) is 19.3 Å². The number of aliphatic hydroxyl groups is 1. The molecule has 1 atom stereocenters. The van der Waals surface area contributed by atoms with Gasteiger partial charge in [-0.25, -0.2) is 4.79 Å². The Labute approximate surface area is 126 Å². The summed E-state index contributed by atoms with van der Waals surface area (Å²) in [6.07, 6.45) is 1.44. The normalized spacial score (nSPS) is 11.8. The maximum Gasteiger partial charge on any atom is 0.315 e. The van der Waals surface area contributed by atoms with Crippen molar-refractivity contribution in [2.45, 2.75) is 39.7 Å². The van der Waals surface area contributed by atoms with Gasteiger partial charge in [-0.05, 0) is 37.8 Å². The van der Waals surface area contributed by atoms with Crippen LogP contribution in [-0.2, 0) is 0 Å². The molecule has 1 unspecified atom stereocenters. The highest BCUT2D eigenvalue weighted by Gasteiger charge is 2.08. The van der Waals surface area contributed by atoms with Crippen LogP contribution in [0, 0.1) is 13.8 Å². The molecule has 2 amide bonds. The molecule has 0 aliphatic carbocycles. The molecule has 0 aliphatic heterocycles. The Bertz CT molecular complexity index is 425. The number of aryl methyl sites for hydroxylation is 2. The summed E-state index contributed by atoms with van der Waals surface area (Å²) in [5.41, 5.74) is 2.24. The molecule has 118 valence electrons. The lowest BCUT2D eigenvalue weighted by atomic mass is 10.1. The Morgan fingerprint density at radius 3 is 2.57 bits per heavy atom. The number of hydrogen-bond acceptors (Lipinski definition) is 3. The topological polar surface area (TPSA) is 70.6 Å². The van der Waals surface area contributed by atoms with Crippen LogP contribution in [0.4, 0.5) is 4.79 Å². The summed E-state index contributed by atoms with van der Waals surface area (Å²) in [6.45, 7) is 7.02. The Kier molecular flexibility index (Phi) is 7.61. The number of amides is 2. The van der Waals surface area contributed by atoms with E-state index in [-0.39, 0.29) is 18.7 Å². The van der Waals surface area contributed by atoms with Gasteiger partial charge in [-0.2, -0.15) is 0 Å². The standard InChI is InChI=1S/C16H26N2O3/c1-4-14(11-19)18-16(20)17-9-6-10-21-15-12(2)7-5-8-13(15)3/h5,7-8,14,19H,4,6,9-11H2,1-3H3,(H2,17,18,20). The number of urea groups is 1. The third kappa shape index (κ3) is 6.04. The summed E-state index contributed by atoms with van der Waals surface area (Å²) in [4.78, 5) is 11.5. The highest BCUT2D eigenvalue weighted by atomic mass is 16.5. The summed E-state index contributed by atoms with van der Waals surface area (Å²) in [6, 6.07) is 5.62. The lowest BCUT2D eigenvalue weighted by Gasteiger charge is -2.15. The number of hydrogen-bond donors (Lipinski definition) is 3. The van der Waals surface area contributed by atoms with Crippen molar-refractivity contribution < 1.29 is 14.6 Å². The fraction of sp³-hybridized carbons (Fsp3) is 0.562. The molecule has 5 nitrogen and oxygen atoms in total. The van der Waals surface area contributed by atoms with Gasteiger partial charge in [-0.3, -0.25) is 0 Å². The number of aliphatic hydroxyl groups excluding tert-OH is 1. The van der Waals surface area contributed by atoms with Crippen molar-refractivity contribution in [3.63, 3.8) is 0 Å². The van der Waals surface area contributed by atoms with Gasteiger partial charge in [0.15, 0.2) is 0 Å². The van der Waals surface area contributed by atoms with E-state index >= 15 is 0 Å². The highest BCUT2D eigenvalue weighted by Crippen LogP contribution is 2.22. The second kappa shape index (κ2) is 9.23. The van der Waals surface area contributed by atoms with Crippen LogP contribution in [0.15, 0.2) is 18.2 Å². The average molecular weight is 294 g/mol. The first kappa shape index (κ1) is 17.3. The van der Waals surface area contributed by atoms with Gasteiger partial charge >= 0.3 is 6.03 Å². The van der Waals surface area contributed by atoms with Crippen molar-refractivity contribution in [1.82, 2.24) is 10.6 Å². The van der Waals surface area contributed by atoms with Crippen LogP contribution >= 0.6 is 0 Å². The average Bonchev–Trinajstić information content (AvgIpc) is 2.47. The van der Waals surface area contributed by atoms with Crippen LogP contribution in [0.25, 0.3) is 0 Å². The van der Waals surface area contributed by atoms with Crippen molar-refractivity contribution in [1.29, 1.82) is 0 Å². The van der Waals surface area contributed by atoms with Gasteiger partial charge in [0.2, 0.25) is 0 Å². The summed E-state index contributed by atoms with van der Waals surface area (Å²) < 4.78 is 5.76. The van der Waals surface area contributed by atoms with Crippen molar-refractivity contribution in [3.8, 4) is 5.75 Å². The zero-order valence-electron chi connectivity index (χ0n) is 13.1. The molecule has 5 heteroatoms. The van der Waals surface area contributed by atoms with E-state index < -0.39 is 0 Å². The molecule has 1 aromatic carbocycles. The smallest absolute Gasteiger partial charge is 0.315 e. The molecule has 0 spiro atoms. The van der Waals surface area contributed by atoms with Crippen LogP contribution in [0.1, 0.15) is 30.9 Å². The molecule has 0 aromatic heterocycles. The molecule has 1 aromatic rings. The van der Waals surface area contributed by atoms with Crippen LogP contribution < -0.4 is 15.4 Å². The summed E-state index contributed by atoms with van der Waals surface area (Å²) in [7, 11) is 0. The molecule has 21 heavy (non-hydrogen) atoms. The van der Waals surface area contributed by atoms with E-state index in [9.17, 15) is 4.79 Å². The Hall–Kier alpha value is -1.75. The van der Waals surface area contributed by atoms with E-state index in [0.717, 1.165) is 23.3 Å². The largest absolute Gasteiger partial charge is 0.493 e. The second-order valence-corrected chi connectivity index (χ2v) is 5.11. The van der Waals surface area contributed by atoms with Gasteiger partial charge in [0, 0.05) is 6.54 Å². The van der Waals surface area contributed by atoms with E-state index in [1.807, 2.05) is 39.0 Å². The summed E-state index contributed by atoms with van der Waals surface area (Å²) in [5, 5.41) is 14.5. The molecule has 0 heterocycles. The monoisotopic (exact) mass is 294 g/mol. The quantitative estimate of drug-likeness (QED) is 0.643. The third-order valence-corrected chi connectivity index (χ3v) is 3.31. The predicted octanol–water partition coefficient (Wildman–Crippen LogP) is 2.14. The van der Waals surface area contributed by atoms with Gasteiger partial charge in [0.1, 0.15) is 5.75 Å². The fourth-order valence-corrected chi connectivity index (χ4v) is 1.99. The Morgan fingerprint density at radius 1 is 1.33 bits per heavy atom. The minimum Gasteiger partial charge on any atom is -0.493 e. The molecule has 0 radical (unpaired) electrons. The van der Waals surface area contributed by atoms with Crippen molar-refractivity contribution >= 4 is 6.03 Å². The molecule has 0 saturated carbocycles. The lowest BCUT2D eigenvalue weighted by Crippen LogP contribution is -2.43. The summed E-state index contributed by atoms with van der Waals surface area (Å²) >= 11 is 0. The summed E-state index contributed by atoms with van der Waals surface area (Å²) in [5.74, 6) is 0.924. The van der Waals surface area contributed by atoms with Gasteiger partial charge in [-0.1, -0.05) is 25.1 Å². The first-order chi connectivity index (χ1) is 10.1. The molecule has 1 rings (SSSR count). The molecule has 0 fully saturated rings. The highest BCUT2D eigenvalue weighted by molar-refractivity contribution is 5.74. The SMILES string of the molecule is CCC(CO)NC(=O)NCCCOc1c(C)cccc1C. The number of carbonyl (C=O) groups excluding carboxylic acids is 1. The first-order valence-electron chi connectivity index (χ1n) is 7.42. The van der Waals surface area contributed by atoms with E-state index in [1.54, 1.807) is 0 Å². The Morgan fingerprint density at radius 2 is 2.00 bits per heavy atom. The van der Waals surface area contributed by atoms with E-state index in [0.29, 0.717) is 19.6 Å². The second-order valence-electron chi connectivity index (χ2n) is 5.11. The van der Waals surface area contributed by atoms with Gasteiger partial charge < -0.3 is 20.5 Å². The number of carbonyl (C=O) groups is 1. The number of ether oxygens (including phenoxy) is 1. The minimum absolute atomic E-state index is 0.0421. The number of benzene rings is 1. The zero-order chi connectivity index (χ0) is 15.7. The maximum absolute atomic E-state index is 11.5.